The summed E-state index contributed by atoms with van der Waals surface area (Å²) >= 11 is 8.09. The molecule has 2 aromatic rings. The van der Waals surface area contributed by atoms with E-state index in [9.17, 15) is 4.79 Å². The van der Waals surface area contributed by atoms with E-state index in [0.717, 1.165) is 52.2 Å². The number of carbonyl (C=O) groups is 1. The van der Waals surface area contributed by atoms with E-state index in [1.165, 1.54) is 30.2 Å². The summed E-state index contributed by atoms with van der Waals surface area (Å²) in [6.07, 6.45) is 6.37. The van der Waals surface area contributed by atoms with Gasteiger partial charge in [0.2, 0.25) is 0 Å². The van der Waals surface area contributed by atoms with Crippen molar-refractivity contribution >= 4 is 29.3 Å². The monoisotopic (exact) mass is 414 g/mol. The van der Waals surface area contributed by atoms with Crippen LogP contribution in [0.15, 0.2) is 39.9 Å². The minimum atomic E-state index is -0.437. The van der Waals surface area contributed by atoms with Crippen molar-refractivity contribution in [1.82, 2.24) is 19.7 Å². The number of carbonyl (C=O) groups excluding carboxylic acids is 1. The molecule has 1 aromatic carbocycles. The minimum Gasteiger partial charge on any atom is -0.328 e. The summed E-state index contributed by atoms with van der Waals surface area (Å²) in [7, 11) is 3.92. The predicted molar refractivity (Wildman–Crippen MR) is 110 cm³/mol. The first-order chi connectivity index (χ1) is 13.5. The highest BCUT2D eigenvalue weighted by molar-refractivity contribution is 8.03. The number of likely N-dealkylation sites (N-methyl/N-ethyl adjacent to an activating group) is 1. The number of hydrogen-bond donors (Lipinski definition) is 0. The lowest BCUT2D eigenvalue weighted by molar-refractivity contribution is -0.128. The van der Waals surface area contributed by atoms with Gasteiger partial charge in [0, 0.05) is 30.6 Å². The van der Waals surface area contributed by atoms with Gasteiger partial charge in [-0.3, -0.25) is 4.79 Å². The summed E-state index contributed by atoms with van der Waals surface area (Å²) in [5.41, 5.74) is 1.79. The number of aromatic nitrogens is 3. The molecular weight excluding hydrogens is 392 g/mol. The van der Waals surface area contributed by atoms with Crippen molar-refractivity contribution in [2.45, 2.75) is 55.1 Å². The van der Waals surface area contributed by atoms with E-state index in [-0.39, 0.29) is 5.91 Å². The largest absolute Gasteiger partial charge is 0.328 e. The molecule has 2 heterocycles. The number of hydrogen-bond acceptors (Lipinski definition) is 4. The fraction of sp³-hybridized carbons (Fsp3) is 0.476. The van der Waals surface area contributed by atoms with Crippen LogP contribution in [0.5, 0.6) is 0 Å². The molecule has 5 nitrogen and oxygen atoms in total. The van der Waals surface area contributed by atoms with Crippen LogP contribution in [-0.4, -0.2) is 32.6 Å². The smallest absolute Gasteiger partial charge is 0.261 e. The van der Waals surface area contributed by atoms with Crippen LogP contribution < -0.4 is 0 Å². The van der Waals surface area contributed by atoms with Gasteiger partial charge in [-0.2, -0.15) is 0 Å². The van der Waals surface area contributed by atoms with Crippen LogP contribution in [0.1, 0.15) is 55.8 Å². The molecule has 2 aliphatic carbocycles. The van der Waals surface area contributed by atoms with E-state index in [2.05, 4.69) is 20.8 Å². The number of nitrogens with zero attached hydrogens (tertiary/aromatic N) is 4. The van der Waals surface area contributed by atoms with Crippen LogP contribution in [0.3, 0.4) is 0 Å². The molecule has 0 radical (unpaired) electrons. The SMILES string of the molecule is CN1C(=O)C(Sc2nnc(C3CC3)n2C)=C2CCCCC21c1ccccc1Cl. The Balaban J connectivity index is 1.61. The molecule has 7 heteroatoms. The summed E-state index contributed by atoms with van der Waals surface area (Å²) in [4.78, 5) is 16.1. The Morgan fingerprint density at radius 3 is 2.71 bits per heavy atom. The zero-order valence-electron chi connectivity index (χ0n) is 16.1. The first-order valence-electron chi connectivity index (χ1n) is 9.88. The molecular formula is C21H23ClN4OS. The fourth-order valence-electron chi connectivity index (χ4n) is 4.75. The number of halogens is 1. The molecule has 2 fully saturated rings. The molecule has 0 bridgehead atoms. The second-order valence-corrected chi connectivity index (χ2v) is 9.38. The Hall–Kier alpha value is -1.79. The molecule has 5 rings (SSSR count). The van der Waals surface area contributed by atoms with Crippen LogP contribution in [0.4, 0.5) is 0 Å². The minimum absolute atomic E-state index is 0.0674. The molecule has 0 N–H and O–H groups in total. The highest BCUT2D eigenvalue weighted by atomic mass is 35.5. The van der Waals surface area contributed by atoms with E-state index in [4.69, 9.17) is 11.6 Å². The van der Waals surface area contributed by atoms with Gasteiger partial charge in [0.05, 0.1) is 10.4 Å². The van der Waals surface area contributed by atoms with Gasteiger partial charge in [-0.25, -0.2) is 0 Å². The van der Waals surface area contributed by atoms with E-state index in [1.54, 1.807) is 0 Å². The maximum atomic E-state index is 13.4. The van der Waals surface area contributed by atoms with Crippen LogP contribution in [0.2, 0.25) is 5.02 Å². The quantitative estimate of drug-likeness (QED) is 0.731. The second-order valence-electron chi connectivity index (χ2n) is 8.00. The normalized spacial score (nSPS) is 24.8. The molecule has 1 atom stereocenters. The Bertz CT molecular complexity index is 996. The lowest BCUT2D eigenvalue weighted by Crippen LogP contribution is -2.44. The van der Waals surface area contributed by atoms with Crippen LogP contribution in [0, 0.1) is 0 Å². The molecule has 1 aromatic heterocycles. The molecule has 0 spiro atoms. The standard InChI is InChI=1S/C21H23ClN4OS/c1-25-18(13-10-11-13)23-24-20(25)28-17-15-8-5-6-12-21(15,26(2)19(17)27)14-7-3-4-9-16(14)22/h3-4,7,9,13H,5-6,8,10-12H2,1-2H3. The van der Waals surface area contributed by atoms with Crippen LogP contribution in [-0.2, 0) is 17.4 Å². The molecule has 146 valence electrons. The Kier molecular flexibility index (Phi) is 4.32. The summed E-state index contributed by atoms with van der Waals surface area (Å²) < 4.78 is 2.06. The maximum Gasteiger partial charge on any atom is 0.261 e. The first kappa shape index (κ1) is 18.3. The number of benzene rings is 1. The van der Waals surface area contributed by atoms with Gasteiger partial charge in [-0.05, 0) is 55.5 Å². The van der Waals surface area contributed by atoms with Crippen molar-refractivity contribution in [1.29, 1.82) is 0 Å². The first-order valence-corrected chi connectivity index (χ1v) is 11.1. The fourth-order valence-corrected chi connectivity index (χ4v) is 6.15. The van der Waals surface area contributed by atoms with Crippen molar-refractivity contribution < 1.29 is 4.79 Å². The van der Waals surface area contributed by atoms with E-state index < -0.39 is 5.54 Å². The topological polar surface area (TPSA) is 51.0 Å². The second kappa shape index (κ2) is 6.63. The highest BCUT2D eigenvalue weighted by Gasteiger charge is 2.52. The van der Waals surface area contributed by atoms with Crippen molar-refractivity contribution in [3.63, 3.8) is 0 Å². The van der Waals surface area contributed by atoms with Gasteiger partial charge in [0.1, 0.15) is 5.82 Å². The Morgan fingerprint density at radius 1 is 1.18 bits per heavy atom. The third kappa shape index (κ3) is 2.57. The van der Waals surface area contributed by atoms with E-state index in [1.807, 2.05) is 37.2 Å². The summed E-state index contributed by atoms with van der Waals surface area (Å²) in [5, 5.41) is 10.3. The zero-order valence-corrected chi connectivity index (χ0v) is 17.7. The molecule has 3 aliphatic rings. The summed E-state index contributed by atoms with van der Waals surface area (Å²) in [6.45, 7) is 0. The van der Waals surface area contributed by atoms with Gasteiger partial charge in [0.15, 0.2) is 5.16 Å². The number of thioether (sulfide) groups is 1. The lowest BCUT2D eigenvalue weighted by Gasteiger charge is -2.42. The van der Waals surface area contributed by atoms with Crippen LogP contribution in [0.25, 0.3) is 0 Å². The summed E-state index contributed by atoms with van der Waals surface area (Å²) in [6, 6.07) is 7.95. The summed E-state index contributed by atoms with van der Waals surface area (Å²) in [5.74, 6) is 1.63. The molecule has 0 saturated heterocycles. The van der Waals surface area contributed by atoms with Gasteiger partial charge < -0.3 is 9.47 Å². The zero-order chi connectivity index (χ0) is 19.5. The molecule has 2 saturated carbocycles. The predicted octanol–water partition coefficient (Wildman–Crippen LogP) is 4.63. The lowest BCUT2D eigenvalue weighted by atomic mass is 9.73. The number of amides is 1. The maximum absolute atomic E-state index is 13.4. The molecule has 1 amide bonds. The van der Waals surface area contributed by atoms with Crippen molar-refractivity contribution in [2.24, 2.45) is 7.05 Å². The van der Waals surface area contributed by atoms with Crippen LogP contribution >= 0.6 is 23.4 Å². The average molecular weight is 415 g/mol. The van der Waals surface area contributed by atoms with Crippen molar-refractivity contribution in [2.75, 3.05) is 7.05 Å². The van der Waals surface area contributed by atoms with Gasteiger partial charge >= 0.3 is 0 Å². The average Bonchev–Trinajstić information content (AvgIpc) is 3.45. The molecule has 1 aliphatic heterocycles. The third-order valence-corrected chi connectivity index (χ3v) is 7.88. The van der Waals surface area contributed by atoms with Crippen molar-refractivity contribution in [3.8, 4) is 0 Å². The number of rotatable bonds is 4. The third-order valence-electron chi connectivity index (χ3n) is 6.38. The van der Waals surface area contributed by atoms with Gasteiger partial charge in [-0.1, -0.05) is 36.2 Å². The molecule has 1 unspecified atom stereocenters. The van der Waals surface area contributed by atoms with Gasteiger partial charge in [-0.15, -0.1) is 10.2 Å². The Morgan fingerprint density at radius 2 is 1.96 bits per heavy atom. The number of fused-ring (bicyclic) bond motifs is 1. The molecule has 28 heavy (non-hydrogen) atoms. The van der Waals surface area contributed by atoms with E-state index >= 15 is 0 Å². The van der Waals surface area contributed by atoms with Gasteiger partial charge in [0.25, 0.3) is 5.91 Å². The van der Waals surface area contributed by atoms with Crippen molar-refractivity contribution in [3.05, 3.63) is 51.2 Å². The highest BCUT2D eigenvalue weighted by Crippen LogP contribution is 2.55. The van der Waals surface area contributed by atoms with E-state index in [0.29, 0.717) is 5.92 Å². The Labute approximate surface area is 174 Å².